The van der Waals surface area contributed by atoms with Crippen LogP contribution in [0.15, 0.2) is 18.2 Å². The van der Waals surface area contributed by atoms with Crippen LogP contribution in [0.1, 0.15) is 33.3 Å². The summed E-state index contributed by atoms with van der Waals surface area (Å²) in [5.41, 5.74) is 0.858. The number of anilines is 2. The van der Waals surface area contributed by atoms with E-state index in [1.807, 2.05) is 25.8 Å². The Balaban J connectivity index is 2.25. The molecule has 0 aliphatic carbocycles. The topological polar surface area (TPSA) is 37.4 Å². The maximum Gasteiger partial charge on any atom is 0.417 e. The van der Waals surface area contributed by atoms with Crippen LogP contribution >= 0.6 is 0 Å². The summed E-state index contributed by atoms with van der Waals surface area (Å²) in [6.45, 7) is 8.29. The van der Waals surface area contributed by atoms with Gasteiger partial charge in [0.05, 0.1) is 28.6 Å². The summed E-state index contributed by atoms with van der Waals surface area (Å²) in [6, 6.07) is 4.21. The second-order valence-corrected chi connectivity index (χ2v) is 7.42. The number of likely N-dealkylation sites (N-methyl/N-ethyl adjacent to an activating group) is 1. The van der Waals surface area contributed by atoms with E-state index in [9.17, 15) is 13.2 Å². The van der Waals surface area contributed by atoms with Gasteiger partial charge in [-0.05, 0) is 39.8 Å². The van der Waals surface area contributed by atoms with Crippen LogP contribution in [0.4, 0.5) is 24.5 Å². The van der Waals surface area contributed by atoms with Crippen LogP contribution in [0.25, 0.3) is 10.9 Å². The summed E-state index contributed by atoms with van der Waals surface area (Å²) in [4.78, 5) is 6.25. The first-order valence-electron chi connectivity index (χ1n) is 8.18. The van der Waals surface area contributed by atoms with E-state index in [0.29, 0.717) is 6.54 Å². The van der Waals surface area contributed by atoms with Gasteiger partial charge >= 0.3 is 6.18 Å². The number of hydrogen-bond donors (Lipinski definition) is 1. The lowest BCUT2D eigenvalue weighted by Crippen LogP contribution is -2.46. The van der Waals surface area contributed by atoms with E-state index in [-0.39, 0.29) is 28.4 Å². The Morgan fingerprint density at radius 1 is 1.24 bits per heavy atom. The molecule has 0 saturated heterocycles. The minimum Gasteiger partial charge on any atom is -0.475 e. The average Bonchev–Trinajstić information content (AvgIpc) is 2.41. The highest BCUT2D eigenvalue weighted by atomic mass is 19.4. The van der Waals surface area contributed by atoms with Gasteiger partial charge in [0.15, 0.2) is 0 Å². The van der Waals surface area contributed by atoms with E-state index < -0.39 is 11.7 Å². The molecule has 0 atom stereocenters. The lowest BCUT2D eigenvalue weighted by atomic mass is 9.98. The second kappa shape index (κ2) is 5.68. The fourth-order valence-corrected chi connectivity index (χ4v) is 3.27. The van der Waals surface area contributed by atoms with Gasteiger partial charge in [0.2, 0.25) is 5.88 Å². The van der Waals surface area contributed by atoms with E-state index >= 15 is 0 Å². The molecule has 1 aliphatic rings. The van der Waals surface area contributed by atoms with Crippen LogP contribution in [0.3, 0.4) is 0 Å². The third-order valence-corrected chi connectivity index (χ3v) is 4.08. The molecule has 0 amide bonds. The predicted molar refractivity (Wildman–Crippen MR) is 93.5 cm³/mol. The van der Waals surface area contributed by atoms with E-state index in [2.05, 4.69) is 10.3 Å². The highest BCUT2D eigenvalue weighted by Gasteiger charge is 2.35. The molecule has 4 nitrogen and oxygen atoms in total. The van der Waals surface area contributed by atoms with Gasteiger partial charge in [-0.15, -0.1) is 0 Å². The van der Waals surface area contributed by atoms with Crippen molar-refractivity contribution < 1.29 is 17.9 Å². The highest BCUT2D eigenvalue weighted by Crippen LogP contribution is 2.42. The Labute approximate surface area is 145 Å². The number of fused-ring (bicyclic) bond motifs is 2. The molecule has 3 rings (SSSR count). The smallest absolute Gasteiger partial charge is 0.417 e. The quantitative estimate of drug-likeness (QED) is 0.851. The molecule has 7 heteroatoms. The van der Waals surface area contributed by atoms with Crippen molar-refractivity contribution in [1.29, 1.82) is 0 Å². The molecule has 136 valence electrons. The molecule has 0 unspecified atom stereocenters. The summed E-state index contributed by atoms with van der Waals surface area (Å²) in [7, 11) is 1.88. The van der Waals surface area contributed by atoms with Crippen molar-refractivity contribution in [3.05, 3.63) is 23.8 Å². The Kier molecular flexibility index (Phi) is 4.00. The number of pyridine rings is 1. The molecule has 1 aromatic heterocycles. The number of halogens is 3. The molecule has 0 fully saturated rings. The zero-order valence-electron chi connectivity index (χ0n) is 15.0. The van der Waals surface area contributed by atoms with Crippen molar-refractivity contribution in [3.8, 4) is 5.88 Å². The molecular weight excluding hydrogens is 331 g/mol. The molecule has 25 heavy (non-hydrogen) atoms. The molecule has 0 spiro atoms. The number of benzene rings is 1. The SMILES string of the molecule is CC(C)Oc1cc(C(F)(F)F)c2cc3c(cc2n1)NC(C)(C)CN3C. The summed E-state index contributed by atoms with van der Waals surface area (Å²) >= 11 is 0. The Hall–Kier alpha value is -2.18. The second-order valence-electron chi connectivity index (χ2n) is 7.42. The summed E-state index contributed by atoms with van der Waals surface area (Å²) in [6.07, 6.45) is -4.74. The maximum atomic E-state index is 13.6. The van der Waals surface area contributed by atoms with Gasteiger partial charge in [-0.25, -0.2) is 4.98 Å². The first kappa shape index (κ1) is 17.6. The number of hydrogen-bond acceptors (Lipinski definition) is 4. The Morgan fingerprint density at radius 2 is 1.92 bits per heavy atom. The minimum absolute atomic E-state index is 0.0156. The largest absolute Gasteiger partial charge is 0.475 e. The number of aromatic nitrogens is 1. The zero-order chi connectivity index (χ0) is 18.6. The van der Waals surface area contributed by atoms with Crippen molar-refractivity contribution in [2.45, 2.75) is 45.5 Å². The van der Waals surface area contributed by atoms with Gasteiger partial charge in [0, 0.05) is 30.6 Å². The van der Waals surface area contributed by atoms with Crippen LogP contribution < -0.4 is 15.0 Å². The van der Waals surface area contributed by atoms with Crippen molar-refractivity contribution in [2.75, 3.05) is 23.8 Å². The molecule has 0 saturated carbocycles. The molecule has 1 aromatic carbocycles. The van der Waals surface area contributed by atoms with Gasteiger partial charge in [-0.2, -0.15) is 13.2 Å². The fraction of sp³-hybridized carbons (Fsp3) is 0.500. The first-order valence-corrected chi connectivity index (χ1v) is 8.18. The fourth-order valence-electron chi connectivity index (χ4n) is 3.27. The van der Waals surface area contributed by atoms with Crippen molar-refractivity contribution in [3.63, 3.8) is 0 Å². The van der Waals surface area contributed by atoms with Gasteiger partial charge in [-0.3, -0.25) is 0 Å². The summed E-state index contributed by atoms with van der Waals surface area (Å²) in [5.74, 6) is -0.0156. The third-order valence-electron chi connectivity index (χ3n) is 4.08. The van der Waals surface area contributed by atoms with Crippen molar-refractivity contribution in [1.82, 2.24) is 4.98 Å². The van der Waals surface area contributed by atoms with E-state index in [1.54, 1.807) is 26.0 Å². The van der Waals surface area contributed by atoms with Crippen LogP contribution in [0.2, 0.25) is 0 Å². The van der Waals surface area contributed by atoms with E-state index in [1.165, 1.54) is 0 Å². The van der Waals surface area contributed by atoms with E-state index in [0.717, 1.165) is 17.4 Å². The molecule has 1 aliphatic heterocycles. The molecule has 0 bridgehead atoms. The normalized spacial score (nSPS) is 16.8. The molecule has 1 N–H and O–H groups in total. The predicted octanol–water partition coefficient (Wildman–Crippen LogP) is 4.68. The average molecular weight is 353 g/mol. The highest BCUT2D eigenvalue weighted by molar-refractivity contribution is 5.93. The van der Waals surface area contributed by atoms with Gasteiger partial charge < -0.3 is 15.0 Å². The lowest BCUT2D eigenvalue weighted by Gasteiger charge is -2.40. The first-order chi connectivity index (χ1) is 11.5. The monoisotopic (exact) mass is 353 g/mol. The van der Waals surface area contributed by atoms with Crippen molar-refractivity contribution >= 4 is 22.3 Å². The third kappa shape index (κ3) is 3.45. The zero-order valence-corrected chi connectivity index (χ0v) is 15.0. The van der Waals surface area contributed by atoms with E-state index in [4.69, 9.17) is 4.74 Å². The Bertz CT molecular complexity index is 815. The summed E-state index contributed by atoms with van der Waals surface area (Å²) < 4.78 is 46.1. The van der Waals surface area contributed by atoms with Crippen LogP contribution in [0, 0.1) is 0 Å². The van der Waals surface area contributed by atoms with Gasteiger partial charge in [0.1, 0.15) is 0 Å². The lowest BCUT2D eigenvalue weighted by molar-refractivity contribution is -0.136. The van der Waals surface area contributed by atoms with Crippen molar-refractivity contribution in [2.24, 2.45) is 0 Å². The maximum absolute atomic E-state index is 13.6. The number of alkyl halides is 3. The standard InChI is InChI=1S/C18H22F3N3O/c1-10(2)25-16-7-12(18(19,20)21)11-6-15-14(8-13(11)22-16)23-17(3,4)9-24(15)5/h6-8,10,23H,9H2,1-5H3. The van der Waals surface area contributed by atoms with Crippen LogP contribution in [-0.2, 0) is 6.18 Å². The summed E-state index contributed by atoms with van der Waals surface area (Å²) in [5, 5.41) is 3.45. The van der Waals surface area contributed by atoms with Crippen LogP contribution in [0.5, 0.6) is 5.88 Å². The van der Waals surface area contributed by atoms with Gasteiger partial charge in [-0.1, -0.05) is 0 Å². The molecule has 0 radical (unpaired) electrons. The Morgan fingerprint density at radius 3 is 2.52 bits per heavy atom. The number of rotatable bonds is 2. The molecule has 2 aromatic rings. The molecular formula is C18H22F3N3O. The minimum atomic E-state index is -4.48. The number of ether oxygens (including phenoxy) is 1. The number of nitrogens with zero attached hydrogens (tertiary/aromatic N) is 2. The number of nitrogens with one attached hydrogen (secondary N) is 1. The molecule has 2 heterocycles. The van der Waals surface area contributed by atoms with Crippen LogP contribution in [-0.4, -0.2) is 30.2 Å². The van der Waals surface area contributed by atoms with Gasteiger partial charge in [0.25, 0.3) is 0 Å².